The summed E-state index contributed by atoms with van der Waals surface area (Å²) in [6, 6.07) is 12.0. The summed E-state index contributed by atoms with van der Waals surface area (Å²) in [5.74, 6) is 0.609. The predicted molar refractivity (Wildman–Crippen MR) is 111 cm³/mol. The fraction of sp³-hybridized carbons (Fsp3) is 0.478. The summed E-state index contributed by atoms with van der Waals surface area (Å²) in [5.41, 5.74) is 6.73. The highest BCUT2D eigenvalue weighted by Gasteiger charge is 2.52. The Hall–Kier alpha value is -1.38. The number of fused-ring (bicyclic) bond motifs is 1. The van der Waals surface area contributed by atoms with Crippen LogP contribution in [0.5, 0.6) is 0 Å². The maximum absolute atomic E-state index is 7.02. The van der Waals surface area contributed by atoms with E-state index in [1.165, 1.54) is 28.3 Å². The van der Waals surface area contributed by atoms with Crippen molar-refractivity contribution in [3.8, 4) is 0 Å². The molecule has 2 atom stereocenters. The minimum Gasteiger partial charge on any atom is -0.409 e. The molecule has 2 unspecified atom stereocenters. The summed E-state index contributed by atoms with van der Waals surface area (Å²) < 4.78 is 7.02. The first kappa shape index (κ1) is 18.4. The molecule has 0 amide bonds. The summed E-state index contributed by atoms with van der Waals surface area (Å²) in [4.78, 5) is 0. The summed E-state index contributed by atoms with van der Waals surface area (Å²) >= 11 is 0. The van der Waals surface area contributed by atoms with E-state index in [9.17, 15) is 0 Å². The SMILES string of the molecule is C=CCC1O[Si](C(C)C)(C(C)C)CC2CC(=C)C(c3ccccc3)=C21. The molecule has 1 aliphatic heterocycles. The zero-order valence-corrected chi connectivity index (χ0v) is 17.2. The van der Waals surface area contributed by atoms with Crippen LogP contribution >= 0.6 is 0 Å². The smallest absolute Gasteiger partial charge is 0.199 e. The van der Waals surface area contributed by atoms with E-state index in [-0.39, 0.29) is 6.10 Å². The molecule has 0 saturated carbocycles. The van der Waals surface area contributed by atoms with Crippen LogP contribution in [0.4, 0.5) is 0 Å². The minimum atomic E-state index is -1.81. The largest absolute Gasteiger partial charge is 0.409 e. The van der Waals surface area contributed by atoms with Crippen molar-refractivity contribution in [1.82, 2.24) is 0 Å². The van der Waals surface area contributed by atoms with Gasteiger partial charge in [-0.1, -0.05) is 70.7 Å². The molecule has 2 aliphatic rings. The van der Waals surface area contributed by atoms with Crippen molar-refractivity contribution < 1.29 is 4.43 Å². The molecular weight excluding hydrogens is 320 g/mol. The van der Waals surface area contributed by atoms with Crippen LogP contribution in [0.15, 0.2) is 60.7 Å². The summed E-state index contributed by atoms with van der Waals surface area (Å²) in [7, 11) is -1.81. The van der Waals surface area contributed by atoms with E-state index in [2.05, 4.69) is 71.2 Å². The van der Waals surface area contributed by atoms with Gasteiger partial charge < -0.3 is 4.43 Å². The first-order valence-electron chi connectivity index (χ1n) is 9.67. The van der Waals surface area contributed by atoms with Crippen molar-refractivity contribution in [2.45, 2.75) is 63.8 Å². The van der Waals surface area contributed by atoms with Gasteiger partial charge in [0.15, 0.2) is 8.32 Å². The molecule has 25 heavy (non-hydrogen) atoms. The molecule has 1 aliphatic carbocycles. The predicted octanol–water partition coefficient (Wildman–Crippen LogP) is 6.76. The standard InChI is InChI=1S/C23H32OSi/c1-7-11-21-23-20(15-25(24-21,16(2)3)17(4)5)14-18(6)22(23)19-12-9-8-10-13-19/h7-10,12-13,16-17,20-21H,1,6,11,14-15H2,2-5H3. The number of rotatable bonds is 5. The van der Waals surface area contributed by atoms with Gasteiger partial charge in [-0.2, -0.15) is 0 Å². The third-order valence-corrected chi connectivity index (χ3v) is 12.0. The van der Waals surface area contributed by atoms with Gasteiger partial charge in [0.05, 0.1) is 6.10 Å². The van der Waals surface area contributed by atoms with Gasteiger partial charge in [0.25, 0.3) is 0 Å². The van der Waals surface area contributed by atoms with E-state index in [4.69, 9.17) is 4.43 Å². The molecule has 1 aromatic carbocycles. The molecular formula is C23H32OSi. The lowest BCUT2D eigenvalue weighted by Crippen LogP contribution is -2.53. The van der Waals surface area contributed by atoms with Crippen molar-refractivity contribution >= 4 is 13.9 Å². The number of allylic oxidation sites excluding steroid dienone is 2. The van der Waals surface area contributed by atoms with Crippen molar-refractivity contribution in [3.63, 3.8) is 0 Å². The molecule has 0 spiro atoms. The molecule has 1 nitrogen and oxygen atoms in total. The fourth-order valence-corrected chi connectivity index (χ4v) is 9.80. The summed E-state index contributed by atoms with van der Waals surface area (Å²) in [5, 5.41) is 0. The lowest BCUT2D eigenvalue weighted by molar-refractivity contribution is 0.181. The van der Waals surface area contributed by atoms with Gasteiger partial charge in [0.2, 0.25) is 0 Å². The lowest BCUT2D eigenvalue weighted by Gasteiger charge is -2.48. The molecule has 2 heteroatoms. The molecule has 1 aromatic rings. The van der Waals surface area contributed by atoms with Crippen molar-refractivity contribution in [2.24, 2.45) is 5.92 Å². The van der Waals surface area contributed by atoms with E-state index in [0.29, 0.717) is 17.0 Å². The first-order chi connectivity index (χ1) is 11.9. The second-order valence-electron chi connectivity index (χ2n) is 8.30. The number of benzene rings is 1. The van der Waals surface area contributed by atoms with E-state index in [1.807, 2.05) is 6.08 Å². The third kappa shape index (κ3) is 3.11. The summed E-state index contributed by atoms with van der Waals surface area (Å²) in [6.07, 6.45) is 4.22. The molecule has 1 heterocycles. The Balaban J connectivity index is 2.10. The minimum absolute atomic E-state index is 0.183. The van der Waals surface area contributed by atoms with Gasteiger partial charge in [0, 0.05) is 0 Å². The molecule has 0 N–H and O–H groups in total. The Morgan fingerprint density at radius 2 is 1.80 bits per heavy atom. The van der Waals surface area contributed by atoms with Crippen LogP contribution in [0.2, 0.25) is 17.1 Å². The molecule has 1 fully saturated rings. The van der Waals surface area contributed by atoms with Gasteiger partial charge in [-0.05, 0) is 58.2 Å². The second kappa shape index (κ2) is 7.09. The fourth-order valence-electron chi connectivity index (χ4n) is 5.00. The average molecular weight is 353 g/mol. The zero-order chi connectivity index (χ0) is 18.2. The van der Waals surface area contributed by atoms with Crippen molar-refractivity contribution in [1.29, 1.82) is 0 Å². The second-order valence-corrected chi connectivity index (χ2v) is 13.2. The average Bonchev–Trinajstić information content (AvgIpc) is 2.91. The zero-order valence-electron chi connectivity index (χ0n) is 16.2. The van der Waals surface area contributed by atoms with Gasteiger partial charge in [-0.25, -0.2) is 0 Å². The Morgan fingerprint density at radius 1 is 1.16 bits per heavy atom. The highest BCUT2D eigenvalue weighted by atomic mass is 28.4. The quantitative estimate of drug-likeness (QED) is 0.420. The number of hydrogen-bond donors (Lipinski definition) is 0. The molecule has 3 rings (SSSR count). The summed E-state index contributed by atoms with van der Waals surface area (Å²) in [6.45, 7) is 17.9. The van der Waals surface area contributed by atoms with Gasteiger partial charge in [-0.3, -0.25) is 0 Å². The monoisotopic (exact) mass is 352 g/mol. The third-order valence-electron chi connectivity index (χ3n) is 6.25. The molecule has 0 radical (unpaired) electrons. The highest BCUT2D eigenvalue weighted by molar-refractivity contribution is 6.76. The maximum atomic E-state index is 7.02. The molecule has 0 aromatic heterocycles. The van der Waals surface area contributed by atoms with E-state index >= 15 is 0 Å². The van der Waals surface area contributed by atoms with Gasteiger partial charge in [-0.15, -0.1) is 6.58 Å². The lowest BCUT2D eigenvalue weighted by atomic mass is 9.92. The van der Waals surface area contributed by atoms with E-state index in [0.717, 1.165) is 12.8 Å². The first-order valence-corrected chi connectivity index (χ1v) is 11.9. The van der Waals surface area contributed by atoms with Gasteiger partial charge >= 0.3 is 0 Å². The van der Waals surface area contributed by atoms with E-state index in [1.54, 1.807) is 0 Å². The molecule has 1 saturated heterocycles. The van der Waals surface area contributed by atoms with Crippen molar-refractivity contribution in [3.05, 3.63) is 66.3 Å². The van der Waals surface area contributed by atoms with Crippen molar-refractivity contribution in [2.75, 3.05) is 0 Å². The highest BCUT2D eigenvalue weighted by Crippen LogP contribution is 2.55. The van der Waals surface area contributed by atoms with Crippen LogP contribution in [-0.2, 0) is 4.43 Å². The van der Waals surface area contributed by atoms with Crippen LogP contribution < -0.4 is 0 Å². The normalized spacial score (nSPS) is 25.6. The maximum Gasteiger partial charge on any atom is 0.199 e. The van der Waals surface area contributed by atoms with E-state index < -0.39 is 8.32 Å². The van der Waals surface area contributed by atoms with Crippen LogP contribution in [0.1, 0.15) is 46.1 Å². The Labute approximate surface area is 154 Å². The Kier molecular flexibility index (Phi) is 5.22. The molecule has 0 bridgehead atoms. The topological polar surface area (TPSA) is 9.23 Å². The Bertz CT molecular complexity index is 675. The van der Waals surface area contributed by atoms with Gasteiger partial charge in [0.1, 0.15) is 0 Å². The van der Waals surface area contributed by atoms with Crippen LogP contribution in [0, 0.1) is 5.92 Å². The Morgan fingerprint density at radius 3 is 2.36 bits per heavy atom. The van der Waals surface area contributed by atoms with Crippen LogP contribution in [-0.4, -0.2) is 14.4 Å². The van der Waals surface area contributed by atoms with Crippen LogP contribution in [0.25, 0.3) is 5.57 Å². The number of hydrogen-bond acceptors (Lipinski definition) is 1. The molecule has 134 valence electrons. The van der Waals surface area contributed by atoms with Crippen LogP contribution in [0.3, 0.4) is 0 Å².